The van der Waals surface area contributed by atoms with E-state index in [9.17, 15) is 9.59 Å². The maximum Gasteiger partial charge on any atom is 0.249 e. The van der Waals surface area contributed by atoms with Crippen LogP contribution in [-0.2, 0) is 16.1 Å². The van der Waals surface area contributed by atoms with E-state index in [1.54, 1.807) is 30.0 Å². The van der Waals surface area contributed by atoms with Gasteiger partial charge in [0.1, 0.15) is 29.6 Å². The Morgan fingerprint density at radius 1 is 1.03 bits per heavy atom. The number of fused-ring (bicyclic) bond motifs is 1. The molecular formula is C30H33N5O4. The smallest absolute Gasteiger partial charge is 0.249 e. The van der Waals surface area contributed by atoms with Crippen molar-refractivity contribution >= 4 is 28.5 Å². The Bertz CT molecular complexity index is 1480. The lowest BCUT2D eigenvalue weighted by Crippen LogP contribution is -2.47. The van der Waals surface area contributed by atoms with Crippen LogP contribution in [0.5, 0.6) is 11.5 Å². The van der Waals surface area contributed by atoms with Crippen LogP contribution in [0.2, 0.25) is 0 Å². The van der Waals surface area contributed by atoms with Gasteiger partial charge in [-0.05, 0) is 55.2 Å². The molecule has 4 aromatic rings. The first-order valence-corrected chi connectivity index (χ1v) is 13.2. The number of nitrogens with one attached hydrogen (secondary N) is 1. The van der Waals surface area contributed by atoms with Gasteiger partial charge in [-0.1, -0.05) is 54.5 Å². The number of methoxy groups -OCH3 is 2. The lowest BCUT2D eigenvalue weighted by Gasteiger charge is -2.34. The van der Waals surface area contributed by atoms with Crippen molar-refractivity contribution in [3.05, 3.63) is 77.9 Å². The van der Waals surface area contributed by atoms with Gasteiger partial charge in [0.05, 0.1) is 25.4 Å². The molecular weight excluding hydrogens is 494 g/mol. The maximum atomic E-state index is 14.3. The van der Waals surface area contributed by atoms with Crippen molar-refractivity contribution in [3.8, 4) is 11.5 Å². The predicted octanol–water partition coefficient (Wildman–Crippen LogP) is 4.59. The molecule has 0 spiro atoms. The number of benzene rings is 3. The van der Waals surface area contributed by atoms with E-state index in [4.69, 9.17) is 9.47 Å². The van der Waals surface area contributed by atoms with Gasteiger partial charge in [-0.25, -0.2) is 4.68 Å². The summed E-state index contributed by atoms with van der Waals surface area (Å²) in [6, 6.07) is 19.5. The maximum absolute atomic E-state index is 14.3. The van der Waals surface area contributed by atoms with E-state index in [2.05, 4.69) is 15.6 Å². The molecule has 0 saturated heterocycles. The summed E-state index contributed by atoms with van der Waals surface area (Å²) in [6.07, 6.45) is 4.01. The van der Waals surface area contributed by atoms with Crippen LogP contribution in [0.1, 0.15) is 42.9 Å². The molecule has 1 saturated carbocycles. The van der Waals surface area contributed by atoms with Crippen LogP contribution in [0.4, 0.5) is 5.69 Å². The molecule has 1 aromatic heterocycles. The molecule has 2 amide bonds. The lowest BCUT2D eigenvalue weighted by molar-refractivity contribution is -0.127. The number of hydrogen-bond acceptors (Lipinski definition) is 6. The van der Waals surface area contributed by atoms with Crippen LogP contribution in [0.15, 0.2) is 66.7 Å². The highest BCUT2D eigenvalue weighted by Gasteiger charge is 2.37. The van der Waals surface area contributed by atoms with Gasteiger partial charge in [-0.15, -0.1) is 5.10 Å². The van der Waals surface area contributed by atoms with Gasteiger partial charge in [0, 0.05) is 12.1 Å². The number of aromatic nitrogens is 3. The number of anilines is 1. The molecule has 1 fully saturated rings. The standard InChI is InChI=1S/C30H33N5O4/c1-20-10-4-7-13-23(20)29(30(37)31-21-11-5-6-12-21)35(26-17-16-22(38-2)18-27(26)39-3)28(36)19-34-25-15-9-8-14-24(25)32-33-34/h4,7-10,13-18,21,29H,5-6,11-12,19H2,1-3H3,(H,31,37). The fraction of sp³-hybridized carbons (Fsp3) is 0.333. The molecule has 1 aliphatic rings. The molecule has 1 atom stereocenters. The third-order valence-corrected chi connectivity index (χ3v) is 7.31. The molecule has 1 aliphatic carbocycles. The monoisotopic (exact) mass is 527 g/mol. The quantitative estimate of drug-likeness (QED) is 0.342. The number of rotatable bonds is 9. The predicted molar refractivity (Wildman–Crippen MR) is 149 cm³/mol. The number of carbonyl (C=O) groups excluding carboxylic acids is 2. The second kappa shape index (κ2) is 11.6. The van der Waals surface area contributed by atoms with Crippen LogP contribution in [-0.4, -0.2) is 47.1 Å². The first-order chi connectivity index (χ1) is 19.0. The van der Waals surface area contributed by atoms with E-state index < -0.39 is 6.04 Å². The third kappa shape index (κ3) is 5.43. The second-order valence-corrected chi connectivity index (χ2v) is 9.79. The second-order valence-electron chi connectivity index (χ2n) is 9.79. The highest BCUT2D eigenvalue weighted by atomic mass is 16.5. The van der Waals surface area contributed by atoms with Crippen molar-refractivity contribution in [2.24, 2.45) is 0 Å². The molecule has 3 aromatic carbocycles. The average Bonchev–Trinajstić information content (AvgIpc) is 3.62. The van der Waals surface area contributed by atoms with Gasteiger partial charge in [0.25, 0.3) is 0 Å². The van der Waals surface area contributed by atoms with E-state index in [1.807, 2.05) is 55.5 Å². The molecule has 9 nitrogen and oxygen atoms in total. The number of amides is 2. The Kier molecular flexibility index (Phi) is 7.76. The van der Waals surface area contributed by atoms with Crippen LogP contribution >= 0.6 is 0 Å². The van der Waals surface area contributed by atoms with Crippen LogP contribution in [0.3, 0.4) is 0 Å². The summed E-state index contributed by atoms with van der Waals surface area (Å²) in [5.74, 6) is 0.432. The van der Waals surface area contributed by atoms with E-state index in [1.165, 1.54) is 12.0 Å². The summed E-state index contributed by atoms with van der Waals surface area (Å²) in [7, 11) is 3.10. The van der Waals surface area contributed by atoms with Crippen molar-refractivity contribution in [1.82, 2.24) is 20.3 Å². The average molecular weight is 528 g/mol. The Balaban J connectivity index is 1.64. The minimum atomic E-state index is -0.934. The minimum absolute atomic E-state index is 0.0815. The molecule has 0 aliphatic heterocycles. The van der Waals surface area contributed by atoms with Crippen molar-refractivity contribution in [3.63, 3.8) is 0 Å². The van der Waals surface area contributed by atoms with Crippen LogP contribution in [0.25, 0.3) is 11.0 Å². The molecule has 5 rings (SSSR count). The Morgan fingerprint density at radius 3 is 2.51 bits per heavy atom. The summed E-state index contributed by atoms with van der Waals surface area (Å²) >= 11 is 0. The summed E-state index contributed by atoms with van der Waals surface area (Å²) in [5.41, 5.74) is 3.52. The lowest BCUT2D eigenvalue weighted by atomic mass is 9.97. The third-order valence-electron chi connectivity index (χ3n) is 7.31. The zero-order valence-electron chi connectivity index (χ0n) is 22.5. The van der Waals surface area contributed by atoms with E-state index >= 15 is 0 Å². The van der Waals surface area contributed by atoms with Crippen LogP contribution in [0, 0.1) is 6.92 Å². The first-order valence-electron chi connectivity index (χ1n) is 13.2. The molecule has 9 heteroatoms. The van der Waals surface area contributed by atoms with Crippen molar-refractivity contribution < 1.29 is 19.1 Å². The zero-order valence-corrected chi connectivity index (χ0v) is 22.5. The van der Waals surface area contributed by atoms with Crippen molar-refractivity contribution in [2.45, 2.75) is 51.2 Å². The summed E-state index contributed by atoms with van der Waals surface area (Å²) in [4.78, 5) is 29.9. The largest absolute Gasteiger partial charge is 0.497 e. The Hall–Kier alpha value is -4.40. The highest BCUT2D eigenvalue weighted by molar-refractivity contribution is 6.03. The summed E-state index contributed by atoms with van der Waals surface area (Å²) < 4.78 is 12.7. The molecule has 0 bridgehead atoms. The Labute approximate surface area is 227 Å². The fourth-order valence-corrected chi connectivity index (χ4v) is 5.28. The highest BCUT2D eigenvalue weighted by Crippen LogP contribution is 2.38. The van der Waals surface area contributed by atoms with Gasteiger partial charge in [0.15, 0.2) is 0 Å². The fourth-order valence-electron chi connectivity index (χ4n) is 5.28. The molecule has 202 valence electrons. The van der Waals surface area contributed by atoms with E-state index in [-0.39, 0.29) is 24.4 Å². The number of aryl methyl sites for hydroxylation is 1. The van der Waals surface area contributed by atoms with Crippen LogP contribution < -0.4 is 19.7 Å². The summed E-state index contributed by atoms with van der Waals surface area (Å²) in [5, 5.41) is 11.7. The Morgan fingerprint density at radius 2 is 1.77 bits per heavy atom. The van der Waals surface area contributed by atoms with E-state index in [0.717, 1.165) is 42.3 Å². The number of nitrogens with zero attached hydrogens (tertiary/aromatic N) is 4. The molecule has 1 unspecified atom stereocenters. The molecule has 0 radical (unpaired) electrons. The normalized spacial score (nSPS) is 14.2. The zero-order chi connectivity index (χ0) is 27.4. The molecule has 39 heavy (non-hydrogen) atoms. The van der Waals surface area contributed by atoms with Gasteiger partial charge >= 0.3 is 0 Å². The van der Waals surface area contributed by atoms with Crippen molar-refractivity contribution in [1.29, 1.82) is 0 Å². The number of ether oxygens (including phenoxy) is 2. The SMILES string of the molecule is COc1ccc(N(C(=O)Cn2nnc3ccccc32)C(C(=O)NC2CCCC2)c2ccccc2C)c(OC)c1. The van der Waals surface area contributed by atoms with Gasteiger partial charge in [-0.3, -0.25) is 14.5 Å². The molecule has 1 heterocycles. The number of hydrogen-bond donors (Lipinski definition) is 1. The van der Waals surface area contributed by atoms with Gasteiger partial charge < -0.3 is 14.8 Å². The van der Waals surface area contributed by atoms with Gasteiger partial charge in [0.2, 0.25) is 11.8 Å². The topological polar surface area (TPSA) is 98.6 Å². The minimum Gasteiger partial charge on any atom is -0.497 e. The molecule has 1 N–H and O–H groups in total. The number of carbonyl (C=O) groups is 2. The van der Waals surface area contributed by atoms with E-state index in [0.29, 0.717) is 22.7 Å². The summed E-state index contributed by atoms with van der Waals surface area (Å²) in [6.45, 7) is 1.83. The number of para-hydroxylation sites is 1. The first kappa shape index (κ1) is 26.2. The van der Waals surface area contributed by atoms with Gasteiger partial charge in [-0.2, -0.15) is 0 Å². The van der Waals surface area contributed by atoms with Crippen molar-refractivity contribution in [2.75, 3.05) is 19.1 Å².